The number of aromatic nitrogens is 1. The maximum absolute atomic E-state index is 13.1. The van der Waals surface area contributed by atoms with Crippen molar-refractivity contribution in [2.45, 2.75) is 32.0 Å². The minimum Gasteiger partial charge on any atom is -0.505 e. The van der Waals surface area contributed by atoms with E-state index in [9.17, 15) is 32.7 Å². The third-order valence-corrected chi connectivity index (χ3v) is 5.48. The number of nitrogens with zero attached hydrogens (tertiary/aromatic N) is 1. The molecule has 0 bridgehead atoms. The van der Waals surface area contributed by atoms with E-state index >= 15 is 0 Å². The van der Waals surface area contributed by atoms with Crippen molar-refractivity contribution in [2.24, 2.45) is 7.05 Å². The molecule has 3 rings (SSSR count). The van der Waals surface area contributed by atoms with Gasteiger partial charge in [-0.1, -0.05) is 42.5 Å². The molecule has 11 heteroatoms. The van der Waals surface area contributed by atoms with Crippen molar-refractivity contribution in [2.75, 3.05) is 11.9 Å². The number of nitrogens with one attached hydrogen (secondary N) is 2. The molecule has 0 aliphatic rings. The van der Waals surface area contributed by atoms with E-state index in [4.69, 9.17) is 4.74 Å². The molecule has 1 unspecified atom stereocenters. The first-order chi connectivity index (χ1) is 17.5. The minimum absolute atomic E-state index is 0.126. The standard InChI is InChI=1S/C26H26F3N3O5/c1-3-37-22(34)15-20(30-25(36)31-23-21(33)10-11-32(2)24(23)35)18-8-4-6-16(13-18)12-17-7-5-9-19(14-17)26(27,28)29/h4-11,13-14,20,33H,3,12,15H2,1-2H3,(H2,30,31,36). The van der Waals surface area contributed by atoms with Gasteiger partial charge in [0.15, 0.2) is 5.69 Å². The lowest BCUT2D eigenvalue weighted by Crippen LogP contribution is -2.36. The molecule has 1 atom stereocenters. The highest BCUT2D eigenvalue weighted by atomic mass is 19.4. The van der Waals surface area contributed by atoms with Crippen molar-refractivity contribution >= 4 is 17.7 Å². The summed E-state index contributed by atoms with van der Waals surface area (Å²) in [6.07, 6.45) is -3.19. The Morgan fingerprint density at radius 3 is 2.43 bits per heavy atom. The molecular weight excluding hydrogens is 491 g/mol. The normalized spacial score (nSPS) is 12.0. The molecule has 2 amide bonds. The maximum Gasteiger partial charge on any atom is 0.416 e. The van der Waals surface area contributed by atoms with Gasteiger partial charge in [0.1, 0.15) is 5.75 Å². The second-order valence-corrected chi connectivity index (χ2v) is 8.27. The van der Waals surface area contributed by atoms with Gasteiger partial charge in [0.25, 0.3) is 5.56 Å². The lowest BCUT2D eigenvalue weighted by molar-refractivity contribution is -0.143. The molecule has 1 heterocycles. The Balaban J connectivity index is 1.85. The zero-order valence-corrected chi connectivity index (χ0v) is 20.1. The largest absolute Gasteiger partial charge is 0.505 e. The van der Waals surface area contributed by atoms with Crippen molar-refractivity contribution in [3.63, 3.8) is 0 Å². The molecule has 3 aromatic rings. The summed E-state index contributed by atoms with van der Waals surface area (Å²) >= 11 is 0. The van der Waals surface area contributed by atoms with Gasteiger partial charge in [0.2, 0.25) is 0 Å². The highest BCUT2D eigenvalue weighted by Crippen LogP contribution is 2.30. The van der Waals surface area contributed by atoms with Crippen LogP contribution < -0.4 is 16.2 Å². The molecule has 0 saturated heterocycles. The van der Waals surface area contributed by atoms with Gasteiger partial charge in [-0.05, 0) is 42.2 Å². The molecule has 2 aromatic carbocycles. The number of benzene rings is 2. The number of carbonyl (C=O) groups excluding carboxylic acids is 2. The Labute approximate surface area is 210 Å². The molecular formula is C26H26F3N3O5. The van der Waals surface area contributed by atoms with E-state index < -0.39 is 41.1 Å². The van der Waals surface area contributed by atoms with Crippen molar-refractivity contribution in [3.8, 4) is 5.75 Å². The number of hydrogen-bond donors (Lipinski definition) is 3. The fourth-order valence-electron chi connectivity index (χ4n) is 3.70. The van der Waals surface area contributed by atoms with Crippen LogP contribution in [0.25, 0.3) is 0 Å². The van der Waals surface area contributed by atoms with Crippen LogP contribution >= 0.6 is 0 Å². The number of aryl methyl sites for hydroxylation is 1. The summed E-state index contributed by atoms with van der Waals surface area (Å²) in [5.74, 6) is -1.02. The average Bonchev–Trinajstić information content (AvgIpc) is 2.84. The molecule has 196 valence electrons. The van der Waals surface area contributed by atoms with Crippen LogP contribution in [0, 0.1) is 0 Å². The highest BCUT2D eigenvalue weighted by Gasteiger charge is 2.30. The molecule has 1 aromatic heterocycles. The number of ether oxygens (including phenoxy) is 1. The highest BCUT2D eigenvalue weighted by molar-refractivity contribution is 5.91. The van der Waals surface area contributed by atoms with E-state index in [-0.39, 0.29) is 25.1 Å². The third kappa shape index (κ3) is 7.35. The summed E-state index contributed by atoms with van der Waals surface area (Å²) in [6, 6.07) is 11.2. The summed E-state index contributed by atoms with van der Waals surface area (Å²) in [6.45, 7) is 1.76. The predicted octanol–water partition coefficient (Wildman–Crippen LogP) is 4.52. The van der Waals surface area contributed by atoms with Crippen molar-refractivity contribution < 1.29 is 32.6 Å². The molecule has 37 heavy (non-hydrogen) atoms. The Hall–Kier alpha value is -4.28. The first-order valence-corrected chi connectivity index (χ1v) is 11.3. The number of esters is 1. The van der Waals surface area contributed by atoms with Gasteiger partial charge in [-0.25, -0.2) is 4.79 Å². The zero-order valence-electron chi connectivity index (χ0n) is 20.1. The molecule has 0 fully saturated rings. The van der Waals surface area contributed by atoms with Crippen LogP contribution in [0.1, 0.15) is 41.6 Å². The fourth-order valence-corrected chi connectivity index (χ4v) is 3.70. The van der Waals surface area contributed by atoms with Crippen LogP contribution in [0.15, 0.2) is 65.6 Å². The van der Waals surface area contributed by atoms with E-state index in [0.717, 1.165) is 12.1 Å². The van der Waals surface area contributed by atoms with Crippen LogP contribution in [-0.2, 0) is 29.2 Å². The predicted molar refractivity (Wildman–Crippen MR) is 130 cm³/mol. The lowest BCUT2D eigenvalue weighted by Gasteiger charge is -2.20. The van der Waals surface area contributed by atoms with E-state index in [1.54, 1.807) is 37.3 Å². The van der Waals surface area contributed by atoms with Gasteiger partial charge in [0.05, 0.1) is 24.6 Å². The fraction of sp³-hybridized carbons (Fsp3) is 0.269. The summed E-state index contributed by atoms with van der Waals surface area (Å²) in [4.78, 5) is 37.2. The number of alkyl halides is 3. The lowest BCUT2D eigenvalue weighted by atomic mass is 9.97. The number of anilines is 1. The van der Waals surface area contributed by atoms with Crippen LogP contribution in [-0.4, -0.2) is 28.3 Å². The van der Waals surface area contributed by atoms with Gasteiger partial charge in [-0.3, -0.25) is 9.59 Å². The van der Waals surface area contributed by atoms with Gasteiger partial charge < -0.3 is 25.0 Å². The molecule has 0 saturated carbocycles. The molecule has 0 aliphatic heterocycles. The Kier molecular flexibility index (Phi) is 8.59. The Morgan fingerprint density at radius 2 is 1.76 bits per heavy atom. The first-order valence-electron chi connectivity index (χ1n) is 11.3. The maximum atomic E-state index is 13.1. The molecule has 0 aliphatic carbocycles. The third-order valence-electron chi connectivity index (χ3n) is 5.48. The number of rotatable bonds is 8. The van der Waals surface area contributed by atoms with Gasteiger partial charge in [0, 0.05) is 13.2 Å². The number of carbonyl (C=O) groups is 2. The van der Waals surface area contributed by atoms with Crippen molar-refractivity contribution in [1.29, 1.82) is 0 Å². The van der Waals surface area contributed by atoms with Crippen LogP contribution in [0.5, 0.6) is 5.75 Å². The number of pyridine rings is 1. The molecule has 0 radical (unpaired) electrons. The van der Waals surface area contributed by atoms with E-state index in [2.05, 4.69) is 10.6 Å². The van der Waals surface area contributed by atoms with E-state index in [1.807, 2.05) is 0 Å². The van der Waals surface area contributed by atoms with Gasteiger partial charge in [-0.15, -0.1) is 0 Å². The number of aromatic hydroxyl groups is 1. The summed E-state index contributed by atoms with van der Waals surface area (Å²) in [5, 5.41) is 14.9. The van der Waals surface area contributed by atoms with Crippen LogP contribution in [0.4, 0.5) is 23.7 Å². The number of urea groups is 1. The topological polar surface area (TPSA) is 110 Å². The smallest absolute Gasteiger partial charge is 0.416 e. The Morgan fingerprint density at radius 1 is 1.08 bits per heavy atom. The van der Waals surface area contributed by atoms with Crippen LogP contribution in [0.3, 0.4) is 0 Å². The quantitative estimate of drug-likeness (QED) is 0.381. The van der Waals surface area contributed by atoms with Gasteiger partial charge in [-0.2, -0.15) is 13.2 Å². The number of halogens is 3. The van der Waals surface area contributed by atoms with Crippen LogP contribution in [0.2, 0.25) is 0 Å². The minimum atomic E-state index is -4.46. The number of amides is 2. The van der Waals surface area contributed by atoms with E-state index in [1.165, 1.54) is 29.9 Å². The summed E-state index contributed by atoms with van der Waals surface area (Å²) in [5.41, 5.74) is -0.138. The second kappa shape index (κ2) is 11.6. The van der Waals surface area contributed by atoms with Gasteiger partial charge >= 0.3 is 18.2 Å². The summed E-state index contributed by atoms with van der Waals surface area (Å²) in [7, 11) is 1.45. The zero-order chi connectivity index (χ0) is 27.2. The Bertz CT molecular complexity index is 1340. The molecule has 3 N–H and O–H groups in total. The monoisotopic (exact) mass is 517 g/mol. The van der Waals surface area contributed by atoms with Crippen molar-refractivity contribution in [1.82, 2.24) is 9.88 Å². The second-order valence-electron chi connectivity index (χ2n) is 8.27. The average molecular weight is 518 g/mol. The SMILES string of the molecule is CCOC(=O)CC(NC(=O)Nc1c(O)ccn(C)c1=O)c1cccc(Cc2cccc(C(F)(F)F)c2)c1. The summed E-state index contributed by atoms with van der Waals surface area (Å²) < 4.78 is 45.4. The van der Waals surface area contributed by atoms with E-state index in [0.29, 0.717) is 16.7 Å². The molecule has 8 nitrogen and oxygen atoms in total. The molecule has 0 spiro atoms. The first kappa shape index (κ1) is 27.3. The number of hydrogen-bond acceptors (Lipinski definition) is 5. The van der Waals surface area contributed by atoms with Crippen molar-refractivity contribution in [3.05, 3.63) is 93.4 Å².